The van der Waals surface area contributed by atoms with Gasteiger partial charge in [-0.25, -0.2) is 0 Å². The Morgan fingerprint density at radius 1 is 1.17 bits per heavy atom. The Kier molecular flexibility index (Phi) is 1.99. The van der Waals surface area contributed by atoms with Crippen molar-refractivity contribution in [1.29, 1.82) is 0 Å². The molecule has 0 heterocycles. The molecule has 0 radical (unpaired) electrons. The average molecular weight is 167 g/mol. The molecule has 0 spiro atoms. The van der Waals surface area contributed by atoms with Crippen LogP contribution in [0.1, 0.15) is 0 Å². The van der Waals surface area contributed by atoms with Gasteiger partial charge in [0, 0.05) is 19.8 Å². The van der Waals surface area contributed by atoms with E-state index < -0.39 is 0 Å². The Hall–Kier alpha value is -1.58. The van der Waals surface area contributed by atoms with Gasteiger partial charge in [0.1, 0.15) is 0 Å². The van der Waals surface area contributed by atoms with E-state index in [9.17, 15) is 5.11 Å². The molecule has 0 aliphatic carbocycles. The van der Waals surface area contributed by atoms with Crippen molar-refractivity contribution < 1.29 is 5.11 Å². The molecule has 5 N–H and O–H groups in total. The molecule has 1 rings (SSSR count). The van der Waals surface area contributed by atoms with Crippen LogP contribution < -0.4 is 16.4 Å². The van der Waals surface area contributed by atoms with Crippen molar-refractivity contribution in [1.82, 2.24) is 0 Å². The first-order valence-electron chi connectivity index (χ1n) is 3.57. The first kappa shape index (κ1) is 8.52. The van der Waals surface area contributed by atoms with Gasteiger partial charge in [-0.2, -0.15) is 0 Å². The summed E-state index contributed by atoms with van der Waals surface area (Å²) in [6.45, 7) is 0. The van der Waals surface area contributed by atoms with E-state index in [-0.39, 0.29) is 5.75 Å². The minimum absolute atomic E-state index is 0.0411. The first-order valence-corrected chi connectivity index (χ1v) is 3.57. The molecular weight excluding hydrogens is 154 g/mol. The molecule has 66 valence electrons. The van der Waals surface area contributed by atoms with Gasteiger partial charge in [0.15, 0.2) is 5.75 Å². The molecule has 1 aromatic carbocycles. The lowest BCUT2D eigenvalue weighted by atomic mass is 10.2. The second-order valence-electron chi connectivity index (χ2n) is 2.87. The van der Waals surface area contributed by atoms with E-state index in [2.05, 4.69) is 0 Å². The van der Waals surface area contributed by atoms with Gasteiger partial charge in [0.2, 0.25) is 0 Å². The highest BCUT2D eigenvalue weighted by molar-refractivity contribution is 5.73. The minimum Gasteiger partial charge on any atom is -0.504 e. The van der Waals surface area contributed by atoms with Gasteiger partial charge in [-0.15, -0.1) is 0 Å². The number of nitrogens with two attached hydrogens (primary N) is 2. The molecule has 0 aliphatic heterocycles. The van der Waals surface area contributed by atoms with Crippen LogP contribution in [-0.2, 0) is 0 Å². The van der Waals surface area contributed by atoms with E-state index in [4.69, 9.17) is 11.5 Å². The summed E-state index contributed by atoms with van der Waals surface area (Å²) in [6.07, 6.45) is 0. The van der Waals surface area contributed by atoms with Crippen LogP contribution in [0.25, 0.3) is 0 Å². The van der Waals surface area contributed by atoms with Crippen LogP contribution in [0.4, 0.5) is 17.1 Å². The summed E-state index contributed by atoms with van der Waals surface area (Å²) >= 11 is 0. The minimum atomic E-state index is -0.0411. The maximum absolute atomic E-state index is 9.24. The van der Waals surface area contributed by atoms with Gasteiger partial charge in [0.05, 0.1) is 11.4 Å². The van der Waals surface area contributed by atoms with Crippen molar-refractivity contribution >= 4 is 17.1 Å². The predicted molar refractivity (Wildman–Crippen MR) is 51.3 cm³/mol. The lowest BCUT2D eigenvalue weighted by Gasteiger charge is -2.14. The zero-order valence-electron chi connectivity index (χ0n) is 7.20. The second kappa shape index (κ2) is 2.81. The molecule has 0 amide bonds. The predicted octanol–water partition coefficient (Wildman–Crippen LogP) is 0.623. The van der Waals surface area contributed by atoms with Crippen LogP contribution in [0, 0.1) is 0 Å². The highest BCUT2D eigenvalue weighted by Crippen LogP contribution is 2.31. The summed E-state index contributed by atoms with van der Waals surface area (Å²) in [7, 11) is 3.76. The molecule has 0 aliphatic rings. The summed E-state index contributed by atoms with van der Waals surface area (Å²) < 4.78 is 0. The molecule has 0 aromatic heterocycles. The first-order chi connectivity index (χ1) is 5.52. The van der Waals surface area contributed by atoms with Crippen molar-refractivity contribution in [3.63, 3.8) is 0 Å². The second-order valence-corrected chi connectivity index (χ2v) is 2.87. The molecule has 1 aromatic rings. The van der Waals surface area contributed by atoms with Gasteiger partial charge in [0.25, 0.3) is 0 Å². The van der Waals surface area contributed by atoms with E-state index in [1.54, 1.807) is 12.1 Å². The fraction of sp³-hybridized carbons (Fsp3) is 0.250. The fourth-order valence-corrected chi connectivity index (χ4v) is 0.922. The number of nitrogens with zero attached hydrogens (tertiary/aromatic N) is 1. The number of benzene rings is 1. The average Bonchev–Trinajstić information content (AvgIpc) is 1.99. The summed E-state index contributed by atoms with van der Waals surface area (Å²) in [4.78, 5) is 1.87. The molecule has 0 saturated carbocycles. The topological polar surface area (TPSA) is 75.5 Å². The van der Waals surface area contributed by atoms with E-state index in [0.29, 0.717) is 11.4 Å². The van der Waals surface area contributed by atoms with Crippen molar-refractivity contribution in [2.24, 2.45) is 0 Å². The third-order valence-corrected chi connectivity index (χ3v) is 1.67. The number of aromatic hydroxyl groups is 1. The van der Waals surface area contributed by atoms with Gasteiger partial charge in [-0.3, -0.25) is 0 Å². The molecular formula is C8H13N3O. The van der Waals surface area contributed by atoms with Crippen molar-refractivity contribution in [2.45, 2.75) is 0 Å². The number of hydrogen-bond donors (Lipinski definition) is 3. The van der Waals surface area contributed by atoms with Gasteiger partial charge < -0.3 is 21.5 Å². The smallest absolute Gasteiger partial charge is 0.161 e. The maximum atomic E-state index is 9.24. The van der Waals surface area contributed by atoms with E-state index in [1.807, 2.05) is 19.0 Å². The molecule has 0 saturated heterocycles. The normalized spacial score (nSPS) is 9.83. The number of anilines is 3. The SMILES string of the molecule is CN(C)c1cc(N)c(O)c(N)c1. The molecule has 4 heteroatoms. The number of nitrogen functional groups attached to an aromatic ring is 2. The van der Waals surface area contributed by atoms with Gasteiger partial charge >= 0.3 is 0 Å². The number of phenolic OH excluding ortho intramolecular Hbond substituents is 1. The fourth-order valence-electron chi connectivity index (χ4n) is 0.922. The standard InChI is InChI=1S/C8H13N3O/c1-11(2)5-3-6(9)8(12)7(10)4-5/h3-4,12H,9-10H2,1-2H3. The largest absolute Gasteiger partial charge is 0.504 e. The molecule has 12 heavy (non-hydrogen) atoms. The highest BCUT2D eigenvalue weighted by Gasteiger charge is 2.05. The van der Waals surface area contributed by atoms with Crippen LogP contribution in [0.15, 0.2) is 12.1 Å². The van der Waals surface area contributed by atoms with Crippen molar-refractivity contribution in [2.75, 3.05) is 30.5 Å². The van der Waals surface area contributed by atoms with Crippen molar-refractivity contribution in [3.05, 3.63) is 12.1 Å². The lowest BCUT2D eigenvalue weighted by Crippen LogP contribution is -2.09. The molecule has 0 bridgehead atoms. The summed E-state index contributed by atoms with van der Waals surface area (Å²) in [5.74, 6) is -0.0411. The van der Waals surface area contributed by atoms with E-state index in [0.717, 1.165) is 5.69 Å². The Morgan fingerprint density at radius 2 is 1.58 bits per heavy atom. The summed E-state index contributed by atoms with van der Waals surface area (Å²) in [5.41, 5.74) is 12.5. The molecule has 0 fully saturated rings. The lowest BCUT2D eigenvalue weighted by molar-refractivity contribution is 0.480. The Morgan fingerprint density at radius 3 is 1.92 bits per heavy atom. The Labute approximate surface area is 71.4 Å². The summed E-state index contributed by atoms with van der Waals surface area (Å²) in [6, 6.07) is 3.34. The number of rotatable bonds is 1. The maximum Gasteiger partial charge on any atom is 0.161 e. The van der Waals surface area contributed by atoms with Gasteiger partial charge in [-0.05, 0) is 12.1 Å². The Balaban J connectivity index is 3.21. The van der Waals surface area contributed by atoms with Crippen LogP contribution in [0.2, 0.25) is 0 Å². The number of hydrogen-bond acceptors (Lipinski definition) is 4. The van der Waals surface area contributed by atoms with Crippen molar-refractivity contribution in [3.8, 4) is 5.75 Å². The van der Waals surface area contributed by atoms with E-state index in [1.165, 1.54) is 0 Å². The zero-order chi connectivity index (χ0) is 9.30. The molecule has 0 atom stereocenters. The van der Waals surface area contributed by atoms with Crippen LogP contribution in [0.5, 0.6) is 5.75 Å². The summed E-state index contributed by atoms with van der Waals surface area (Å²) in [5, 5.41) is 9.24. The molecule has 4 nitrogen and oxygen atoms in total. The zero-order valence-corrected chi connectivity index (χ0v) is 7.20. The van der Waals surface area contributed by atoms with Gasteiger partial charge in [-0.1, -0.05) is 0 Å². The van der Waals surface area contributed by atoms with Crippen LogP contribution >= 0.6 is 0 Å². The van der Waals surface area contributed by atoms with E-state index >= 15 is 0 Å². The third-order valence-electron chi connectivity index (χ3n) is 1.67. The highest BCUT2D eigenvalue weighted by atomic mass is 16.3. The van der Waals surface area contributed by atoms with Crippen LogP contribution in [-0.4, -0.2) is 19.2 Å². The third kappa shape index (κ3) is 1.37. The molecule has 0 unspecified atom stereocenters. The monoisotopic (exact) mass is 167 g/mol. The Bertz CT molecular complexity index is 273. The number of phenols is 1. The quantitative estimate of drug-likeness (QED) is 0.423. The van der Waals surface area contributed by atoms with Crippen LogP contribution in [0.3, 0.4) is 0 Å².